The summed E-state index contributed by atoms with van der Waals surface area (Å²) in [6, 6.07) is 9.78. The molecular weight excluding hydrogens is 352 g/mol. The SMILES string of the molecule is CC(NC(=O)c1cc(Br)cn1C1CC1)c1ccccc1Cl. The molecule has 1 aliphatic rings. The molecule has 1 atom stereocenters. The van der Waals surface area contributed by atoms with Crippen LogP contribution in [0, 0.1) is 0 Å². The Morgan fingerprint density at radius 3 is 2.81 bits per heavy atom. The van der Waals surface area contributed by atoms with Crippen LogP contribution in [-0.2, 0) is 0 Å². The minimum Gasteiger partial charge on any atom is -0.344 e. The Bertz CT molecular complexity index is 679. The number of carbonyl (C=O) groups is 1. The van der Waals surface area contributed by atoms with Crippen LogP contribution >= 0.6 is 27.5 Å². The molecule has 5 heteroatoms. The van der Waals surface area contributed by atoms with Crippen molar-refractivity contribution in [1.82, 2.24) is 9.88 Å². The zero-order valence-corrected chi connectivity index (χ0v) is 14.0. The van der Waals surface area contributed by atoms with Crippen molar-refractivity contribution in [3.63, 3.8) is 0 Å². The van der Waals surface area contributed by atoms with E-state index in [1.165, 1.54) is 0 Å². The van der Waals surface area contributed by atoms with E-state index in [4.69, 9.17) is 11.6 Å². The molecule has 1 fully saturated rings. The van der Waals surface area contributed by atoms with Gasteiger partial charge in [0.2, 0.25) is 0 Å². The van der Waals surface area contributed by atoms with E-state index < -0.39 is 0 Å². The summed E-state index contributed by atoms with van der Waals surface area (Å²) in [5.74, 6) is -0.0694. The molecule has 0 bridgehead atoms. The number of nitrogens with one attached hydrogen (secondary N) is 1. The molecule has 3 nitrogen and oxygen atoms in total. The largest absolute Gasteiger partial charge is 0.344 e. The first-order chi connectivity index (χ1) is 10.1. The van der Waals surface area contributed by atoms with Crippen molar-refractivity contribution in [3.05, 3.63) is 57.3 Å². The Labute approximate surface area is 137 Å². The molecule has 1 amide bonds. The molecule has 1 aromatic carbocycles. The van der Waals surface area contributed by atoms with E-state index in [-0.39, 0.29) is 11.9 Å². The van der Waals surface area contributed by atoms with Crippen molar-refractivity contribution in [2.75, 3.05) is 0 Å². The summed E-state index contributed by atoms with van der Waals surface area (Å²) in [6.45, 7) is 1.94. The molecule has 1 saturated carbocycles. The van der Waals surface area contributed by atoms with Gasteiger partial charge in [-0.15, -0.1) is 0 Å². The summed E-state index contributed by atoms with van der Waals surface area (Å²) >= 11 is 9.63. The van der Waals surface area contributed by atoms with Crippen LogP contribution in [0.5, 0.6) is 0 Å². The molecule has 110 valence electrons. The van der Waals surface area contributed by atoms with Crippen LogP contribution in [0.25, 0.3) is 0 Å². The second kappa shape index (κ2) is 5.85. The van der Waals surface area contributed by atoms with E-state index in [1.807, 2.05) is 43.5 Å². The van der Waals surface area contributed by atoms with E-state index in [1.54, 1.807) is 0 Å². The normalized spacial score (nSPS) is 15.8. The van der Waals surface area contributed by atoms with Crippen LogP contribution in [0.1, 0.15) is 47.9 Å². The number of nitrogens with zero attached hydrogens (tertiary/aromatic N) is 1. The average molecular weight is 368 g/mol. The summed E-state index contributed by atoms with van der Waals surface area (Å²) in [4.78, 5) is 12.5. The highest BCUT2D eigenvalue weighted by molar-refractivity contribution is 9.10. The highest BCUT2D eigenvalue weighted by atomic mass is 79.9. The molecule has 0 radical (unpaired) electrons. The summed E-state index contributed by atoms with van der Waals surface area (Å²) < 4.78 is 2.99. The highest BCUT2D eigenvalue weighted by Gasteiger charge is 2.28. The third-order valence-corrected chi connectivity index (χ3v) is 4.49. The molecule has 0 aliphatic heterocycles. The second-order valence-corrected chi connectivity index (χ2v) is 6.72. The van der Waals surface area contributed by atoms with Crippen LogP contribution in [-0.4, -0.2) is 10.5 Å². The Hall–Kier alpha value is -1.26. The van der Waals surface area contributed by atoms with Gasteiger partial charge in [-0.3, -0.25) is 4.79 Å². The molecular formula is C16H16BrClN2O. The average Bonchev–Trinajstić information content (AvgIpc) is 3.21. The van der Waals surface area contributed by atoms with Gasteiger partial charge in [0.25, 0.3) is 5.91 Å². The molecule has 3 rings (SSSR count). The Balaban J connectivity index is 1.79. The number of carbonyl (C=O) groups excluding carboxylic acids is 1. The fourth-order valence-corrected chi connectivity index (χ4v) is 3.19. The molecule has 1 aromatic heterocycles. The van der Waals surface area contributed by atoms with Gasteiger partial charge in [-0.1, -0.05) is 29.8 Å². The number of halogens is 2. The van der Waals surface area contributed by atoms with Gasteiger partial charge < -0.3 is 9.88 Å². The standard InChI is InChI=1S/C16H16BrClN2O/c1-10(13-4-2-3-5-14(13)18)19-16(21)15-8-11(17)9-20(15)12-6-7-12/h2-5,8-10,12H,6-7H2,1H3,(H,19,21). The van der Waals surface area contributed by atoms with E-state index in [0.29, 0.717) is 16.8 Å². The molecule has 0 saturated heterocycles. The molecule has 1 N–H and O–H groups in total. The monoisotopic (exact) mass is 366 g/mol. The fourth-order valence-electron chi connectivity index (χ4n) is 2.46. The van der Waals surface area contributed by atoms with E-state index >= 15 is 0 Å². The lowest BCUT2D eigenvalue weighted by Crippen LogP contribution is -2.28. The van der Waals surface area contributed by atoms with Crippen LogP contribution in [0.4, 0.5) is 0 Å². The van der Waals surface area contributed by atoms with E-state index in [9.17, 15) is 4.79 Å². The second-order valence-electron chi connectivity index (χ2n) is 5.40. The zero-order valence-electron chi connectivity index (χ0n) is 11.6. The van der Waals surface area contributed by atoms with E-state index in [0.717, 1.165) is 22.9 Å². The Kier molecular flexibility index (Phi) is 4.09. The predicted octanol–water partition coefficient (Wildman–Crippen LogP) is 4.73. The van der Waals surface area contributed by atoms with Gasteiger partial charge in [-0.05, 0) is 53.4 Å². The van der Waals surface area contributed by atoms with Crippen LogP contribution < -0.4 is 5.32 Å². The van der Waals surface area contributed by atoms with Gasteiger partial charge >= 0.3 is 0 Å². The van der Waals surface area contributed by atoms with Crippen molar-refractivity contribution < 1.29 is 4.79 Å². The fraction of sp³-hybridized carbons (Fsp3) is 0.312. The maximum atomic E-state index is 12.5. The summed E-state index contributed by atoms with van der Waals surface area (Å²) in [6.07, 6.45) is 4.26. The molecule has 0 spiro atoms. The molecule has 1 aliphatic carbocycles. The molecule has 2 aromatic rings. The highest BCUT2D eigenvalue weighted by Crippen LogP contribution is 2.37. The third kappa shape index (κ3) is 3.16. The summed E-state index contributed by atoms with van der Waals surface area (Å²) in [5.41, 5.74) is 1.62. The number of hydrogen-bond donors (Lipinski definition) is 1. The van der Waals surface area contributed by atoms with Crippen molar-refractivity contribution in [1.29, 1.82) is 0 Å². The number of amides is 1. The topological polar surface area (TPSA) is 34.0 Å². The maximum absolute atomic E-state index is 12.5. The number of hydrogen-bond acceptors (Lipinski definition) is 1. The smallest absolute Gasteiger partial charge is 0.268 e. The Morgan fingerprint density at radius 2 is 2.14 bits per heavy atom. The van der Waals surface area contributed by atoms with Crippen LogP contribution in [0.3, 0.4) is 0 Å². The molecule has 1 unspecified atom stereocenters. The van der Waals surface area contributed by atoms with Gasteiger partial charge in [0, 0.05) is 21.7 Å². The van der Waals surface area contributed by atoms with Gasteiger partial charge in [0.1, 0.15) is 5.69 Å². The summed E-state index contributed by atoms with van der Waals surface area (Å²) in [7, 11) is 0. The predicted molar refractivity (Wildman–Crippen MR) is 87.7 cm³/mol. The zero-order chi connectivity index (χ0) is 15.0. The first kappa shape index (κ1) is 14.7. The summed E-state index contributed by atoms with van der Waals surface area (Å²) in [5, 5.41) is 3.70. The first-order valence-electron chi connectivity index (χ1n) is 6.99. The van der Waals surface area contributed by atoms with Crippen molar-refractivity contribution >= 4 is 33.4 Å². The molecule has 1 heterocycles. The Morgan fingerprint density at radius 1 is 1.43 bits per heavy atom. The van der Waals surface area contributed by atoms with Gasteiger partial charge in [0.15, 0.2) is 0 Å². The van der Waals surface area contributed by atoms with Crippen LogP contribution in [0.2, 0.25) is 5.02 Å². The van der Waals surface area contributed by atoms with Crippen molar-refractivity contribution in [2.45, 2.75) is 31.8 Å². The van der Waals surface area contributed by atoms with Crippen molar-refractivity contribution in [2.24, 2.45) is 0 Å². The van der Waals surface area contributed by atoms with Crippen molar-refractivity contribution in [3.8, 4) is 0 Å². The van der Waals surface area contributed by atoms with Gasteiger partial charge in [-0.2, -0.15) is 0 Å². The first-order valence-corrected chi connectivity index (χ1v) is 8.16. The minimum absolute atomic E-state index is 0.0694. The van der Waals surface area contributed by atoms with E-state index in [2.05, 4.69) is 25.8 Å². The minimum atomic E-state index is -0.132. The van der Waals surface area contributed by atoms with Gasteiger partial charge in [-0.25, -0.2) is 0 Å². The van der Waals surface area contributed by atoms with Gasteiger partial charge in [0.05, 0.1) is 6.04 Å². The lowest BCUT2D eigenvalue weighted by molar-refractivity contribution is 0.0930. The number of aromatic nitrogens is 1. The van der Waals surface area contributed by atoms with Crippen LogP contribution in [0.15, 0.2) is 41.0 Å². The molecule has 21 heavy (non-hydrogen) atoms. The lowest BCUT2D eigenvalue weighted by atomic mass is 10.1. The third-order valence-electron chi connectivity index (χ3n) is 3.71. The quantitative estimate of drug-likeness (QED) is 0.833. The maximum Gasteiger partial charge on any atom is 0.268 e. The number of benzene rings is 1. The lowest BCUT2D eigenvalue weighted by Gasteiger charge is -2.16. The number of rotatable bonds is 4.